The van der Waals surface area contributed by atoms with Gasteiger partial charge in [-0.15, -0.1) is 13.2 Å². The Morgan fingerprint density at radius 1 is 1.12 bits per heavy atom. The Labute approximate surface area is 184 Å². The number of anilines is 1. The van der Waals surface area contributed by atoms with Gasteiger partial charge in [0, 0.05) is 31.1 Å². The van der Waals surface area contributed by atoms with Crippen LogP contribution >= 0.6 is 0 Å². The van der Waals surface area contributed by atoms with E-state index in [1.165, 1.54) is 13.2 Å². The fourth-order valence-corrected chi connectivity index (χ4v) is 3.62. The molecule has 0 spiro atoms. The van der Waals surface area contributed by atoms with Crippen molar-refractivity contribution < 1.29 is 32.2 Å². The fraction of sp³-hybridized carbons (Fsp3) is 0.455. The van der Waals surface area contributed by atoms with Gasteiger partial charge in [0.1, 0.15) is 11.5 Å². The number of urea groups is 1. The van der Waals surface area contributed by atoms with Crippen molar-refractivity contribution in [3.05, 3.63) is 48.3 Å². The van der Waals surface area contributed by atoms with Gasteiger partial charge in [-0.2, -0.15) is 0 Å². The molecule has 2 amide bonds. The van der Waals surface area contributed by atoms with Crippen LogP contribution in [0.2, 0.25) is 0 Å². The van der Waals surface area contributed by atoms with Crippen LogP contribution in [0.3, 0.4) is 0 Å². The summed E-state index contributed by atoms with van der Waals surface area (Å²) < 4.78 is 52.2. The minimum Gasteiger partial charge on any atom is -0.495 e. The van der Waals surface area contributed by atoms with Gasteiger partial charge in [0.05, 0.1) is 19.4 Å². The summed E-state index contributed by atoms with van der Waals surface area (Å²) in [5.41, 5.74) is 1.16. The number of carbonyl (C=O) groups is 1. The molecule has 0 saturated heterocycles. The SMILES string of the molecule is COc1ccc(OC(F)(F)F)cc1NC(=O)N[C@H]1CC[C@H](COCc2ccncc2)CC1. The second kappa shape index (κ2) is 11.0. The van der Waals surface area contributed by atoms with E-state index in [0.29, 0.717) is 19.1 Å². The van der Waals surface area contributed by atoms with E-state index in [0.717, 1.165) is 43.4 Å². The predicted octanol–water partition coefficient (Wildman–Crippen LogP) is 4.89. The maximum Gasteiger partial charge on any atom is 0.573 e. The number of rotatable bonds is 8. The van der Waals surface area contributed by atoms with Crippen molar-refractivity contribution in [3.63, 3.8) is 0 Å². The Balaban J connectivity index is 1.43. The van der Waals surface area contributed by atoms with Crippen molar-refractivity contribution >= 4 is 11.7 Å². The van der Waals surface area contributed by atoms with E-state index in [1.54, 1.807) is 12.4 Å². The molecule has 0 radical (unpaired) electrons. The lowest BCUT2D eigenvalue weighted by molar-refractivity contribution is -0.274. The Kier molecular flexibility index (Phi) is 8.15. The fourth-order valence-electron chi connectivity index (χ4n) is 3.62. The van der Waals surface area contributed by atoms with Crippen LogP contribution in [0.1, 0.15) is 31.2 Å². The third-order valence-corrected chi connectivity index (χ3v) is 5.21. The van der Waals surface area contributed by atoms with Gasteiger partial charge in [-0.3, -0.25) is 4.98 Å². The smallest absolute Gasteiger partial charge is 0.495 e. The van der Waals surface area contributed by atoms with Crippen molar-refractivity contribution in [1.29, 1.82) is 0 Å². The van der Waals surface area contributed by atoms with Gasteiger partial charge in [-0.25, -0.2) is 4.79 Å². The largest absolute Gasteiger partial charge is 0.573 e. The highest BCUT2D eigenvalue weighted by Crippen LogP contribution is 2.32. The quantitative estimate of drug-likeness (QED) is 0.595. The topological polar surface area (TPSA) is 81.7 Å². The van der Waals surface area contributed by atoms with Crippen molar-refractivity contribution in [3.8, 4) is 11.5 Å². The zero-order chi connectivity index (χ0) is 23.0. The third kappa shape index (κ3) is 7.60. The van der Waals surface area contributed by atoms with Gasteiger partial charge < -0.3 is 24.8 Å². The number of carbonyl (C=O) groups excluding carboxylic acids is 1. The maximum absolute atomic E-state index is 12.5. The molecule has 0 aliphatic heterocycles. The molecule has 0 bridgehead atoms. The predicted molar refractivity (Wildman–Crippen MR) is 111 cm³/mol. The number of halogens is 3. The molecule has 1 aliphatic rings. The number of hydrogen-bond acceptors (Lipinski definition) is 5. The van der Waals surface area contributed by atoms with Gasteiger partial charge in [-0.1, -0.05) is 0 Å². The molecule has 2 aromatic rings. The lowest BCUT2D eigenvalue weighted by Crippen LogP contribution is -2.40. The first-order valence-corrected chi connectivity index (χ1v) is 10.3. The number of methoxy groups -OCH3 is 1. The van der Waals surface area contributed by atoms with Crippen molar-refractivity contribution in [2.24, 2.45) is 5.92 Å². The first kappa shape index (κ1) is 23.6. The summed E-state index contributed by atoms with van der Waals surface area (Å²) in [5, 5.41) is 5.42. The molecule has 1 aromatic carbocycles. The van der Waals surface area contributed by atoms with Crippen LogP contribution in [0.25, 0.3) is 0 Å². The van der Waals surface area contributed by atoms with Crippen molar-refractivity contribution in [1.82, 2.24) is 10.3 Å². The highest BCUT2D eigenvalue weighted by molar-refractivity contribution is 5.91. The summed E-state index contributed by atoms with van der Waals surface area (Å²) in [6.45, 7) is 1.20. The van der Waals surface area contributed by atoms with Crippen LogP contribution in [0, 0.1) is 5.92 Å². The number of alkyl halides is 3. The Bertz CT molecular complexity index is 872. The minimum atomic E-state index is -4.82. The summed E-state index contributed by atoms with van der Waals surface area (Å²) in [4.78, 5) is 16.4. The second-order valence-corrected chi connectivity index (χ2v) is 7.60. The van der Waals surface area contributed by atoms with Crippen LogP contribution in [0.5, 0.6) is 11.5 Å². The zero-order valence-electron chi connectivity index (χ0n) is 17.7. The standard InChI is InChI=1S/C22H26F3N3O4/c1-30-20-7-6-18(32-22(23,24)25)12-19(20)28-21(29)27-17-4-2-15(3-5-17)13-31-14-16-8-10-26-11-9-16/h6-12,15,17H,2-5,13-14H2,1H3,(H2,27,28,29)/t15-,17-. The first-order valence-electron chi connectivity index (χ1n) is 10.3. The molecule has 1 fully saturated rings. The Hall–Kier alpha value is -3.01. The molecule has 3 rings (SSSR count). The van der Waals surface area contributed by atoms with E-state index in [2.05, 4.69) is 20.4 Å². The molecule has 32 heavy (non-hydrogen) atoms. The van der Waals surface area contributed by atoms with Crippen LogP contribution in [-0.4, -0.2) is 37.1 Å². The highest BCUT2D eigenvalue weighted by atomic mass is 19.4. The van der Waals surface area contributed by atoms with Gasteiger partial charge in [0.25, 0.3) is 0 Å². The normalized spacial score (nSPS) is 18.6. The molecule has 174 valence electrons. The molecule has 0 unspecified atom stereocenters. The van der Waals surface area contributed by atoms with Crippen LogP contribution in [-0.2, 0) is 11.3 Å². The van der Waals surface area contributed by atoms with E-state index in [9.17, 15) is 18.0 Å². The average Bonchev–Trinajstić information content (AvgIpc) is 2.75. The van der Waals surface area contributed by atoms with E-state index in [-0.39, 0.29) is 17.5 Å². The number of nitrogens with one attached hydrogen (secondary N) is 2. The summed E-state index contributed by atoms with van der Waals surface area (Å²) in [6.07, 6.45) is 2.07. The maximum atomic E-state index is 12.5. The molecule has 2 N–H and O–H groups in total. The monoisotopic (exact) mass is 453 g/mol. The zero-order valence-corrected chi connectivity index (χ0v) is 17.7. The van der Waals surface area contributed by atoms with Gasteiger partial charge >= 0.3 is 12.4 Å². The van der Waals surface area contributed by atoms with E-state index >= 15 is 0 Å². The van der Waals surface area contributed by atoms with Gasteiger partial charge in [0.15, 0.2) is 0 Å². The number of hydrogen-bond donors (Lipinski definition) is 2. The first-order chi connectivity index (χ1) is 15.3. The van der Waals surface area contributed by atoms with E-state index in [4.69, 9.17) is 9.47 Å². The van der Waals surface area contributed by atoms with Gasteiger partial charge in [-0.05, 0) is 61.4 Å². The van der Waals surface area contributed by atoms with Crippen LogP contribution in [0.4, 0.5) is 23.7 Å². The lowest BCUT2D eigenvalue weighted by Gasteiger charge is -2.29. The number of pyridine rings is 1. The number of benzene rings is 1. The number of aromatic nitrogens is 1. The summed E-state index contributed by atoms with van der Waals surface area (Å²) in [5.74, 6) is 0.208. The molecular formula is C22H26F3N3O4. The third-order valence-electron chi connectivity index (χ3n) is 5.21. The summed E-state index contributed by atoms with van der Waals surface area (Å²) in [7, 11) is 1.36. The molecule has 1 heterocycles. The molecule has 1 saturated carbocycles. The average molecular weight is 453 g/mol. The number of ether oxygens (including phenoxy) is 3. The molecular weight excluding hydrogens is 427 g/mol. The highest BCUT2D eigenvalue weighted by Gasteiger charge is 2.31. The van der Waals surface area contributed by atoms with Crippen molar-refractivity contribution in [2.45, 2.75) is 44.7 Å². The number of nitrogens with zero attached hydrogens (tertiary/aromatic N) is 1. The van der Waals surface area contributed by atoms with Crippen molar-refractivity contribution in [2.75, 3.05) is 19.0 Å². The minimum absolute atomic E-state index is 0.0212. The second-order valence-electron chi connectivity index (χ2n) is 7.60. The Morgan fingerprint density at radius 2 is 1.84 bits per heavy atom. The molecule has 0 atom stereocenters. The molecule has 1 aliphatic carbocycles. The van der Waals surface area contributed by atoms with Gasteiger partial charge in [0.2, 0.25) is 0 Å². The molecule has 10 heteroatoms. The van der Waals surface area contributed by atoms with E-state index < -0.39 is 18.1 Å². The Morgan fingerprint density at radius 3 is 2.50 bits per heavy atom. The summed E-state index contributed by atoms with van der Waals surface area (Å²) in [6, 6.07) is 6.79. The van der Waals surface area contributed by atoms with Crippen LogP contribution < -0.4 is 20.1 Å². The van der Waals surface area contributed by atoms with E-state index in [1.807, 2.05) is 12.1 Å². The summed E-state index contributed by atoms with van der Waals surface area (Å²) >= 11 is 0. The molecule has 1 aromatic heterocycles. The number of amides is 2. The lowest BCUT2D eigenvalue weighted by atomic mass is 9.86. The van der Waals surface area contributed by atoms with Crippen LogP contribution in [0.15, 0.2) is 42.7 Å². The molecule has 7 nitrogen and oxygen atoms in total.